The average Bonchev–Trinajstić information content (AvgIpc) is 2.38. The second kappa shape index (κ2) is 6.38. The van der Waals surface area contributed by atoms with E-state index in [1.54, 1.807) is 0 Å². The monoisotopic (exact) mass is 267 g/mol. The summed E-state index contributed by atoms with van der Waals surface area (Å²) in [6.45, 7) is -1.29. The van der Waals surface area contributed by atoms with Gasteiger partial charge in [-0.25, -0.2) is 0 Å². The fraction of sp³-hybridized carbons (Fsp3) is 0.889. The van der Waals surface area contributed by atoms with Gasteiger partial charge in [0.05, 0.1) is 13.2 Å². The number of esters is 1. The topological polar surface area (TPSA) is 163 Å². The van der Waals surface area contributed by atoms with Gasteiger partial charge in [-0.05, 0) is 0 Å². The number of aliphatic hydroxyl groups is 5. The van der Waals surface area contributed by atoms with E-state index in [9.17, 15) is 20.1 Å². The summed E-state index contributed by atoms with van der Waals surface area (Å²) < 4.78 is 9.53. The van der Waals surface area contributed by atoms with Gasteiger partial charge in [0.1, 0.15) is 30.5 Å². The first-order valence-corrected chi connectivity index (χ1v) is 5.29. The maximum absolute atomic E-state index is 11.3. The molecule has 18 heavy (non-hydrogen) atoms. The van der Waals surface area contributed by atoms with Crippen LogP contribution in [-0.2, 0) is 14.3 Å². The lowest BCUT2D eigenvalue weighted by Crippen LogP contribution is -2.60. The zero-order valence-electron chi connectivity index (χ0n) is 9.42. The predicted molar refractivity (Wildman–Crippen MR) is 54.9 cm³/mol. The number of carbonyl (C=O) groups excluding carboxylic acids is 1. The van der Waals surface area contributed by atoms with E-state index in [-0.39, 0.29) is 0 Å². The van der Waals surface area contributed by atoms with Crippen LogP contribution >= 0.6 is 0 Å². The van der Waals surface area contributed by atoms with Crippen molar-refractivity contribution in [2.45, 2.75) is 36.7 Å². The highest BCUT2D eigenvalue weighted by Gasteiger charge is 2.45. The van der Waals surface area contributed by atoms with E-state index in [4.69, 9.17) is 20.7 Å². The van der Waals surface area contributed by atoms with Gasteiger partial charge in [0, 0.05) is 0 Å². The van der Waals surface area contributed by atoms with Gasteiger partial charge in [0.2, 0.25) is 6.29 Å². The lowest BCUT2D eigenvalue weighted by molar-refractivity contribution is -0.293. The predicted octanol–water partition coefficient (Wildman–Crippen LogP) is -4.35. The normalized spacial score (nSPS) is 38.2. The van der Waals surface area contributed by atoms with E-state index in [0.29, 0.717) is 0 Å². The molecule has 0 unspecified atom stereocenters. The van der Waals surface area contributed by atoms with E-state index in [1.165, 1.54) is 0 Å². The molecule has 0 aromatic heterocycles. The van der Waals surface area contributed by atoms with Gasteiger partial charge < -0.3 is 40.7 Å². The first-order valence-electron chi connectivity index (χ1n) is 5.29. The minimum Gasteiger partial charge on any atom is -0.432 e. The summed E-state index contributed by atoms with van der Waals surface area (Å²) in [4.78, 5) is 11.3. The van der Waals surface area contributed by atoms with Crippen molar-refractivity contribution in [3.05, 3.63) is 0 Å². The summed E-state index contributed by atoms with van der Waals surface area (Å²) in [5.41, 5.74) is 5.19. The van der Waals surface area contributed by atoms with Gasteiger partial charge >= 0.3 is 5.97 Å². The summed E-state index contributed by atoms with van der Waals surface area (Å²) in [5.74, 6) is -1.04. The molecule has 0 radical (unpaired) electrons. The molecular weight excluding hydrogens is 250 g/mol. The van der Waals surface area contributed by atoms with Crippen LogP contribution in [0.15, 0.2) is 0 Å². The SMILES string of the molecule is N[C@@H](CO)C(=O)O[C@H]1O[C@H](CO)[C@@H](O)[C@H](O)[C@H]1O. The smallest absolute Gasteiger partial charge is 0.327 e. The lowest BCUT2D eigenvalue weighted by Gasteiger charge is -2.39. The van der Waals surface area contributed by atoms with Gasteiger partial charge in [-0.2, -0.15) is 0 Å². The molecule has 1 rings (SSSR count). The Hall–Kier alpha value is -0.810. The highest BCUT2D eigenvalue weighted by atomic mass is 16.7. The van der Waals surface area contributed by atoms with Crippen LogP contribution in [0.5, 0.6) is 0 Å². The molecule has 1 fully saturated rings. The third-order valence-corrected chi connectivity index (χ3v) is 2.58. The van der Waals surface area contributed by atoms with Crippen molar-refractivity contribution in [3.63, 3.8) is 0 Å². The largest absolute Gasteiger partial charge is 0.432 e. The molecule has 7 N–H and O–H groups in total. The summed E-state index contributed by atoms with van der Waals surface area (Å²) in [6, 6.07) is -1.31. The highest BCUT2D eigenvalue weighted by molar-refractivity contribution is 5.75. The Morgan fingerprint density at radius 1 is 1.22 bits per heavy atom. The van der Waals surface area contributed by atoms with E-state index in [0.717, 1.165) is 0 Å². The zero-order chi connectivity index (χ0) is 13.9. The Balaban J connectivity index is 2.67. The first kappa shape index (κ1) is 15.2. The quantitative estimate of drug-likeness (QED) is 0.276. The molecule has 1 aliphatic rings. The molecule has 0 aromatic rings. The van der Waals surface area contributed by atoms with Crippen molar-refractivity contribution >= 4 is 5.97 Å². The Morgan fingerprint density at radius 3 is 2.33 bits per heavy atom. The molecule has 0 spiro atoms. The molecule has 1 saturated heterocycles. The van der Waals surface area contributed by atoms with Gasteiger partial charge in [0.15, 0.2) is 0 Å². The number of ether oxygens (including phenoxy) is 2. The van der Waals surface area contributed by atoms with E-state index >= 15 is 0 Å². The Morgan fingerprint density at radius 2 is 1.83 bits per heavy atom. The van der Waals surface area contributed by atoms with Crippen molar-refractivity contribution in [1.29, 1.82) is 0 Å². The number of carbonyl (C=O) groups is 1. The van der Waals surface area contributed by atoms with Crippen molar-refractivity contribution in [1.82, 2.24) is 0 Å². The molecule has 106 valence electrons. The van der Waals surface area contributed by atoms with Crippen LogP contribution in [0, 0.1) is 0 Å². The molecule has 9 nitrogen and oxygen atoms in total. The molecule has 0 bridgehead atoms. The van der Waals surface area contributed by atoms with Crippen LogP contribution in [0.3, 0.4) is 0 Å². The van der Waals surface area contributed by atoms with E-state index < -0.39 is 55.9 Å². The number of rotatable bonds is 4. The van der Waals surface area contributed by atoms with Gasteiger partial charge in [-0.1, -0.05) is 0 Å². The van der Waals surface area contributed by atoms with Crippen LogP contribution in [0.25, 0.3) is 0 Å². The van der Waals surface area contributed by atoms with E-state index in [1.807, 2.05) is 0 Å². The van der Waals surface area contributed by atoms with Crippen molar-refractivity contribution in [2.24, 2.45) is 5.73 Å². The molecular formula is C9H17NO8. The lowest BCUT2D eigenvalue weighted by atomic mass is 9.99. The average molecular weight is 267 g/mol. The summed E-state index contributed by atoms with van der Waals surface area (Å²) in [5, 5.41) is 45.9. The zero-order valence-corrected chi connectivity index (χ0v) is 9.42. The van der Waals surface area contributed by atoms with Crippen LogP contribution in [-0.4, -0.2) is 81.5 Å². The van der Waals surface area contributed by atoms with Crippen LogP contribution in [0.4, 0.5) is 0 Å². The van der Waals surface area contributed by atoms with Crippen LogP contribution in [0.1, 0.15) is 0 Å². The fourth-order valence-electron chi connectivity index (χ4n) is 1.44. The molecule has 6 atom stereocenters. The summed E-state index contributed by atoms with van der Waals surface area (Å²) >= 11 is 0. The number of hydrogen-bond acceptors (Lipinski definition) is 9. The van der Waals surface area contributed by atoms with E-state index in [2.05, 4.69) is 4.74 Å². The van der Waals surface area contributed by atoms with Crippen molar-refractivity contribution in [3.8, 4) is 0 Å². The number of aliphatic hydroxyl groups excluding tert-OH is 5. The van der Waals surface area contributed by atoms with Crippen molar-refractivity contribution < 1.29 is 39.8 Å². The maximum atomic E-state index is 11.3. The van der Waals surface area contributed by atoms with Crippen LogP contribution < -0.4 is 5.73 Å². The molecule has 9 heteroatoms. The molecule has 0 saturated carbocycles. The molecule has 0 aliphatic carbocycles. The van der Waals surface area contributed by atoms with Gasteiger partial charge in [-0.15, -0.1) is 0 Å². The van der Waals surface area contributed by atoms with Gasteiger partial charge in [-0.3, -0.25) is 4.79 Å². The highest BCUT2D eigenvalue weighted by Crippen LogP contribution is 2.22. The second-order valence-corrected chi connectivity index (χ2v) is 3.92. The molecule has 1 heterocycles. The Labute approximate surface area is 102 Å². The third-order valence-electron chi connectivity index (χ3n) is 2.58. The van der Waals surface area contributed by atoms with Crippen molar-refractivity contribution in [2.75, 3.05) is 13.2 Å². The summed E-state index contributed by atoms with van der Waals surface area (Å²) in [6.07, 6.45) is -7.61. The Bertz CT molecular complexity index is 286. The standard InChI is InChI=1S/C9H17NO8/c10-3(1-11)8(16)18-9-7(15)6(14)5(13)4(2-12)17-9/h3-7,9,11-15H,1-2,10H2/t3-,4+,5+,6-,7+,9+/m0/s1. The fourth-order valence-corrected chi connectivity index (χ4v) is 1.44. The first-order chi connectivity index (χ1) is 8.42. The molecule has 1 aliphatic heterocycles. The van der Waals surface area contributed by atoms with Crippen LogP contribution in [0.2, 0.25) is 0 Å². The maximum Gasteiger partial charge on any atom is 0.327 e. The molecule has 0 amide bonds. The minimum atomic E-state index is -1.68. The van der Waals surface area contributed by atoms with Gasteiger partial charge in [0.25, 0.3) is 0 Å². The summed E-state index contributed by atoms with van der Waals surface area (Å²) in [7, 11) is 0. The number of hydrogen-bond donors (Lipinski definition) is 6. The molecule has 0 aromatic carbocycles. The third kappa shape index (κ3) is 3.14. The number of nitrogens with two attached hydrogens (primary N) is 1. The second-order valence-electron chi connectivity index (χ2n) is 3.92. The Kier molecular flexibility index (Phi) is 5.41. The minimum absolute atomic E-state index is 0.634.